The van der Waals surface area contributed by atoms with Crippen molar-refractivity contribution in [2.75, 3.05) is 13.7 Å². The molecule has 4 nitrogen and oxygen atoms in total. The lowest BCUT2D eigenvalue weighted by atomic mass is 9.99. The number of benzene rings is 1. The lowest BCUT2D eigenvalue weighted by Gasteiger charge is -2.18. The van der Waals surface area contributed by atoms with E-state index in [9.17, 15) is 4.79 Å². The standard InChI is InChI=1S/C14H19NO3/c1-15-12(14(16)17)6-4-10-5-7-13-11(9-10)3-2-8-18-13/h5,7,9,12,15H,2-4,6,8H2,1H3,(H,16,17). The van der Waals surface area contributed by atoms with E-state index in [-0.39, 0.29) is 0 Å². The fourth-order valence-corrected chi connectivity index (χ4v) is 2.27. The minimum atomic E-state index is -0.793. The van der Waals surface area contributed by atoms with Crippen molar-refractivity contribution in [2.45, 2.75) is 31.7 Å². The van der Waals surface area contributed by atoms with Crippen LogP contribution in [-0.2, 0) is 17.6 Å². The molecular formula is C14H19NO3. The third kappa shape index (κ3) is 3.01. The largest absolute Gasteiger partial charge is 0.493 e. The Morgan fingerprint density at radius 3 is 3.11 bits per heavy atom. The number of hydrogen-bond donors (Lipinski definition) is 2. The molecule has 0 saturated heterocycles. The van der Waals surface area contributed by atoms with Gasteiger partial charge in [0.2, 0.25) is 0 Å². The Kier molecular flexibility index (Phi) is 4.20. The summed E-state index contributed by atoms with van der Waals surface area (Å²) in [5.74, 6) is 0.187. The zero-order valence-electron chi connectivity index (χ0n) is 10.6. The number of fused-ring (bicyclic) bond motifs is 1. The van der Waals surface area contributed by atoms with Gasteiger partial charge in [-0.25, -0.2) is 0 Å². The summed E-state index contributed by atoms with van der Waals surface area (Å²) < 4.78 is 5.56. The number of carboxylic acids is 1. The molecule has 1 aliphatic heterocycles. The van der Waals surface area contributed by atoms with Crippen molar-refractivity contribution >= 4 is 5.97 Å². The molecule has 0 bridgehead atoms. The van der Waals surface area contributed by atoms with Gasteiger partial charge in [0.1, 0.15) is 11.8 Å². The maximum atomic E-state index is 10.9. The van der Waals surface area contributed by atoms with Gasteiger partial charge in [-0.15, -0.1) is 0 Å². The van der Waals surface area contributed by atoms with E-state index >= 15 is 0 Å². The fraction of sp³-hybridized carbons (Fsp3) is 0.500. The molecule has 4 heteroatoms. The molecule has 0 fully saturated rings. The van der Waals surface area contributed by atoms with Gasteiger partial charge in [-0.2, -0.15) is 0 Å². The van der Waals surface area contributed by atoms with Gasteiger partial charge in [0.15, 0.2) is 0 Å². The molecule has 0 spiro atoms. The molecule has 18 heavy (non-hydrogen) atoms. The quantitative estimate of drug-likeness (QED) is 0.832. The number of carboxylic acid groups (broad SMARTS) is 1. The van der Waals surface area contributed by atoms with E-state index in [0.29, 0.717) is 6.42 Å². The minimum Gasteiger partial charge on any atom is -0.493 e. The highest BCUT2D eigenvalue weighted by atomic mass is 16.5. The lowest BCUT2D eigenvalue weighted by molar-refractivity contribution is -0.139. The summed E-state index contributed by atoms with van der Waals surface area (Å²) >= 11 is 0. The van der Waals surface area contributed by atoms with Crippen LogP contribution in [0, 0.1) is 0 Å². The molecule has 0 saturated carbocycles. The second-order valence-electron chi connectivity index (χ2n) is 4.61. The van der Waals surface area contributed by atoms with Crippen LogP contribution in [0.3, 0.4) is 0 Å². The molecule has 0 radical (unpaired) electrons. The molecule has 0 amide bonds. The molecule has 1 aromatic carbocycles. The number of nitrogens with one attached hydrogen (secondary N) is 1. The molecule has 1 aliphatic rings. The molecule has 2 rings (SSSR count). The Labute approximate surface area is 107 Å². The van der Waals surface area contributed by atoms with Crippen molar-refractivity contribution in [1.82, 2.24) is 5.32 Å². The van der Waals surface area contributed by atoms with Crippen LogP contribution in [0.2, 0.25) is 0 Å². The molecule has 1 heterocycles. The number of aliphatic carboxylic acids is 1. The average Bonchev–Trinajstić information content (AvgIpc) is 2.39. The van der Waals surface area contributed by atoms with Gasteiger partial charge in [-0.3, -0.25) is 4.79 Å². The van der Waals surface area contributed by atoms with Crippen LogP contribution < -0.4 is 10.1 Å². The molecule has 0 aliphatic carbocycles. The number of likely N-dealkylation sites (N-methyl/N-ethyl adjacent to an activating group) is 1. The summed E-state index contributed by atoms with van der Waals surface area (Å²) in [4.78, 5) is 10.9. The van der Waals surface area contributed by atoms with Gasteiger partial charge < -0.3 is 15.2 Å². The average molecular weight is 249 g/mol. The molecule has 0 aromatic heterocycles. The summed E-state index contributed by atoms with van der Waals surface area (Å²) in [5.41, 5.74) is 2.43. The monoisotopic (exact) mass is 249 g/mol. The van der Waals surface area contributed by atoms with Crippen molar-refractivity contribution in [2.24, 2.45) is 0 Å². The second-order valence-corrected chi connectivity index (χ2v) is 4.61. The molecule has 2 N–H and O–H groups in total. The van der Waals surface area contributed by atoms with Crippen molar-refractivity contribution < 1.29 is 14.6 Å². The van der Waals surface area contributed by atoms with E-state index in [0.717, 1.165) is 31.6 Å². The van der Waals surface area contributed by atoms with E-state index in [1.807, 2.05) is 12.1 Å². The van der Waals surface area contributed by atoms with Crippen LogP contribution >= 0.6 is 0 Å². The van der Waals surface area contributed by atoms with Gasteiger partial charge in [0.05, 0.1) is 6.61 Å². The van der Waals surface area contributed by atoms with Gasteiger partial charge >= 0.3 is 5.97 Å². The first kappa shape index (κ1) is 12.9. The summed E-state index contributed by atoms with van der Waals surface area (Å²) in [7, 11) is 1.68. The Bertz CT molecular complexity index is 431. The van der Waals surface area contributed by atoms with E-state index in [4.69, 9.17) is 9.84 Å². The highest BCUT2D eigenvalue weighted by molar-refractivity contribution is 5.73. The van der Waals surface area contributed by atoms with Gasteiger partial charge in [0, 0.05) is 0 Å². The van der Waals surface area contributed by atoms with Crippen molar-refractivity contribution in [3.05, 3.63) is 29.3 Å². The molecule has 1 unspecified atom stereocenters. The second kappa shape index (κ2) is 5.87. The predicted molar refractivity (Wildman–Crippen MR) is 69.1 cm³/mol. The summed E-state index contributed by atoms with van der Waals surface area (Å²) in [5, 5.41) is 11.8. The third-order valence-corrected chi connectivity index (χ3v) is 3.34. The van der Waals surface area contributed by atoms with Crippen molar-refractivity contribution in [1.29, 1.82) is 0 Å². The van der Waals surface area contributed by atoms with Crippen molar-refractivity contribution in [3.8, 4) is 5.75 Å². The maximum Gasteiger partial charge on any atom is 0.320 e. The van der Waals surface area contributed by atoms with E-state index in [1.165, 1.54) is 11.1 Å². The highest BCUT2D eigenvalue weighted by Gasteiger charge is 2.15. The SMILES string of the molecule is CNC(CCc1ccc2c(c1)CCCO2)C(=O)O. The smallest absolute Gasteiger partial charge is 0.320 e. The number of ether oxygens (including phenoxy) is 1. The molecule has 1 aromatic rings. The van der Waals surface area contributed by atoms with Crippen LogP contribution in [0.25, 0.3) is 0 Å². The molecule has 1 atom stereocenters. The summed E-state index contributed by atoms with van der Waals surface area (Å²) in [6, 6.07) is 5.69. The van der Waals surface area contributed by atoms with Crippen LogP contribution in [0.5, 0.6) is 5.75 Å². The molecule has 98 valence electrons. The predicted octanol–water partition coefficient (Wildman–Crippen LogP) is 1.62. The minimum absolute atomic E-state index is 0.475. The third-order valence-electron chi connectivity index (χ3n) is 3.34. The highest BCUT2D eigenvalue weighted by Crippen LogP contribution is 2.26. The van der Waals surface area contributed by atoms with Gasteiger partial charge in [-0.1, -0.05) is 12.1 Å². The first-order chi connectivity index (χ1) is 8.70. The van der Waals surface area contributed by atoms with Gasteiger partial charge in [-0.05, 0) is 49.9 Å². The topological polar surface area (TPSA) is 58.6 Å². The number of hydrogen-bond acceptors (Lipinski definition) is 3. The number of aryl methyl sites for hydroxylation is 2. The van der Waals surface area contributed by atoms with Crippen LogP contribution in [-0.4, -0.2) is 30.8 Å². The number of carbonyl (C=O) groups is 1. The fourth-order valence-electron chi connectivity index (χ4n) is 2.27. The Morgan fingerprint density at radius 1 is 1.56 bits per heavy atom. The summed E-state index contributed by atoms with van der Waals surface area (Å²) in [6.07, 6.45) is 3.48. The first-order valence-corrected chi connectivity index (χ1v) is 6.35. The van der Waals surface area contributed by atoms with E-state index in [2.05, 4.69) is 11.4 Å². The summed E-state index contributed by atoms with van der Waals surface area (Å²) in [6.45, 7) is 0.799. The first-order valence-electron chi connectivity index (χ1n) is 6.35. The van der Waals surface area contributed by atoms with Gasteiger partial charge in [0.25, 0.3) is 0 Å². The van der Waals surface area contributed by atoms with Crippen molar-refractivity contribution in [3.63, 3.8) is 0 Å². The normalized spacial score (nSPS) is 15.6. The molecular weight excluding hydrogens is 230 g/mol. The van der Waals surface area contributed by atoms with E-state index in [1.54, 1.807) is 7.05 Å². The Hall–Kier alpha value is -1.55. The van der Waals surface area contributed by atoms with Crippen LogP contribution in [0.4, 0.5) is 0 Å². The Morgan fingerprint density at radius 2 is 2.39 bits per heavy atom. The zero-order valence-corrected chi connectivity index (χ0v) is 10.6. The zero-order chi connectivity index (χ0) is 13.0. The lowest BCUT2D eigenvalue weighted by Crippen LogP contribution is -2.34. The Balaban J connectivity index is 1.99. The number of rotatable bonds is 5. The maximum absolute atomic E-state index is 10.9. The van der Waals surface area contributed by atoms with E-state index < -0.39 is 12.0 Å². The van der Waals surface area contributed by atoms with Crippen LogP contribution in [0.1, 0.15) is 24.0 Å². The van der Waals surface area contributed by atoms with Crippen LogP contribution in [0.15, 0.2) is 18.2 Å².